The number of aryl methyl sites for hydroxylation is 1. The van der Waals surface area contributed by atoms with Gasteiger partial charge in [-0.25, -0.2) is 9.37 Å². The first-order chi connectivity index (χ1) is 10.1. The Bertz CT molecular complexity index is 796. The highest BCUT2D eigenvalue weighted by Crippen LogP contribution is 2.26. The molecule has 0 fully saturated rings. The van der Waals surface area contributed by atoms with E-state index in [0.29, 0.717) is 16.0 Å². The molecule has 0 bridgehead atoms. The second-order valence-corrected chi connectivity index (χ2v) is 7.16. The van der Waals surface area contributed by atoms with Crippen LogP contribution in [0.15, 0.2) is 23.6 Å². The van der Waals surface area contributed by atoms with Crippen molar-refractivity contribution in [2.45, 2.75) is 25.8 Å². The molecule has 1 aromatic carbocycles. The van der Waals surface area contributed by atoms with E-state index in [-0.39, 0.29) is 5.82 Å². The van der Waals surface area contributed by atoms with Crippen molar-refractivity contribution in [3.05, 3.63) is 49.2 Å². The minimum Gasteiger partial charge on any atom is -0.322 e. The number of imidazole rings is 1. The molecule has 0 aliphatic heterocycles. The molecule has 0 unspecified atom stereocenters. The Labute approximate surface area is 145 Å². The van der Waals surface area contributed by atoms with Crippen LogP contribution in [0.1, 0.15) is 23.2 Å². The highest BCUT2D eigenvalue weighted by Gasteiger charge is 2.14. The second-order valence-electron chi connectivity index (χ2n) is 4.73. The van der Waals surface area contributed by atoms with E-state index in [2.05, 4.69) is 23.4 Å². The summed E-state index contributed by atoms with van der Waals surface area (Å²) in [5.41, 5.74) is 2.93. The van der Waals surface area contributed by atoms with Gasteiger partial charge in [-0.05, 0) is 52.1 Å². The van der Waals surface area contributed by atoms with E-state index >= 15 is 0 Å². The summed E-state index contributed by atoms with van der Waals surface area (Å²) in [5.74, 6) is 0.885. The maximum Gasteiger partial charge on any atom is 0.138 e. The fraction of sp³-hybridized carbons (Fsp3) is 0.267. The van der Waals surface area contributed by atoms with Crippen molar-refractivity contribution in [3.63, 3.8) is 0 Å². The molecule has 6 heteroatoms. The van der Waals surface area contributed by atoms with Gasteiger partial charge in [-0.15, -0.1) is 22.9 Å². The zero-order valence-corrected chi connectivity index (χ0v) is 15.1. The molecule has 0 amide bonds. The Hall–Kier alpha value is -0.660. The van der Waals surface area contributed by atoms with Gasteiger partial charge in [0, 0.05) is 10.9 Å². The molecule has 0 radical (unpaired) electrons. The van der Waals surface area contributed by atoms with Crippen LogP contribution in [0.5, 0.6) is 0 Å². The van der Waals surface area contributed by atoms with Crippen molar-refractivity contribution in [2.75, 3.05) is 0 Å². The van der Waals surface area contributed by atoms with E-state index in [0.717, 1.165) is 23.3 Å². The van der Waals surface area contributed by atoms with Crippen molar-refractivity contribution in [1.82, 2.24) is 9.55 Å². The van der Waals surface area contributed by atoms with Crippen LogP contribution in [0.25, 0.3) is 11.0 Å². The average Bonchev–Trinajstić information content (AvgIpc) is 3.05. The zero-order valence-electron chi connectivity index (χ0n) is 11.4. The summed E-state index contributed by atoms with van der Waals surface area (Å²) in [6.07, 6.45) is 0.994. The third kappa shape index (κ3) is 2.83. The SMILES string of the molecule is CCc1ccsc1Cn1c(CCl)nc2cc(I)c(F)cc21. The summed E-state index contributed by atoms with van der Waals surface area (Å²) in [6, 6.07) is 5.47. The van der Waals surface area contributed by atoms with E-state index in [1.54, 1.807) is 23.5 Å². The number of benzene rings is 1. The van der Waals surface area contributed by atoms with Crippen LogP contribution in [0.3, 0.4) is 0 Å². The predicted octanol–water partition coefficient (Wildman–Crippen LogP) is 5.19. The molecule has 2 nitrogen and oxygen atoms in total. The maximum atomic E-state index is 13.9. The van der Waals surface area contributed by atoms with Gasteiger partial charge >= 0.3 is 0 Å². The molecule has 110 valence electrons. The van der Waals surface area contributed by atoms with Gasteiger partial charge in [0.15, 0.2) is 0 Å². The zero-order chi connectivity index (χ0) is 15.0. The Kier molecular flexibility index (Phi) is 4.51. The van der Waals surface area contributed by atoms with Gasteiger partial charge < -0.3 is 4.57 Å². The van der Waals surface area contributed by atoms with Crippen molar-refractivity contribution in [3.8, 4) is 0 Å². The van der Waals surface area contributed by atoms with Gasteiger partial charge in [0.1, 0.15) is 11.6 Å². The summed E-state index contributed by atoms with van der Waals surface area (Å²) in [4.78, 5) is 5.81. The molecule has 0 saturated carbocycles. The van der Waals surface area contributed by atoms with Crippen LogP contribution in [-0.2, 0) is 18.8 Å². The number of fused-ring (bicyclic) bond motifs is 1. The van der Waals surface area contributed by atoms with Crippen molar-refractivity contribution in [2.24, 2.45) is 0 Å². The molecule has 0 saturated heterocycles. The first kappa shape index (κ1) is 15.2. The topological polar surface area (TPSA) is 17.8 Å². The van der Waals surface area contributed by atoms with Crippen LogP contribution in [0.4, 0.5) is 4.39 Å². The Morgan fingerprint density at radius 1 is 1.43 bits per heavy atom. The normalized spacial score (nSPS) is 11.4. The first-order valence-corrected chi connectivity index (χ1v) is 9.08. The van der Waals surface area contributed by atoms with Gasteiger partial charge in [0.2, 0.25) is 0 Å². The molecular weight excluding hydrogens is 422 g/mol. The lowest BCUT2D eigenvalue weighted by molar-refractivity contribution is 0.621. The van der Waals surface area contributed by atoms with Gasteiger partial charge in [-0.1, -0.05) is 6.92 Å². The number of hydrogen-bond acceptors (Lipinski definition) is 2. The van der Waals surface area contributed by atoms with Crippen LogP contribution < -0.4 is 0 Å². The molecule has 0 spiro atoms. The monoisotopic (exact) mass is 434 g/mol. The average molecular weight is 435 g/mol. The predicted molar refractivity (Wildman–Crippen MR) is 94.8 cm³/mol. The fourth-order valence-electron chi connectivity index (χ4n) is 2.41. The molecule has 2 aromatic heterocycles. The smallest absolute Gasteiger partial charge is 0.138 e. The Balaban J connectivity index is 2.14. The van der Waals surface area contributed by atoms with E-state index in [1.807, 2.05) is 27.2 Å². The van der Waals surface area contributed by atoms with Crippen molar-refractivity contribution >= 4 is 56.6 Å². The van der Waals surface area contributed by atoms with Gasteiger partial charge in [0.25, 0.3) is 0 Å². The van der Waals surface area contributed by atoms with Gasteiger partial charge in [-0.2, -0.15) is 0 Å². The second kappa shape index (κ2) is 6.22. The number of aromatic nitrogens is 2. The number of rotatable bonds is 4. The van der Waals surface area contributed by atoms with E-state index < -0.39 is 0 Å². The maximum absolute atomic E-state index is 13.9. The number of nitrogens with zero attached hydrogens (tertiary/aromatic N) is 2. The molecule has 3 aromatic rings. The summed E-state index contributed by atoms with van der Waals surface area (Å²) in [6.45, 7) is 2.83. The highest BCUT2D eigenvalue weighted by molar-refractivity contribution is 14.1. The molecule has 21 heavy (non-hydrogen) atoms. The van der Waals surface area contributed by atoms with Crippen LogP contribution in [0.2, 0.25) is 0 Å². The molecule has 0 N–H and O–H groups in total. The summed E-state index contributed by atoms with van der Waals surface area (Å²) in [7, 11) is 0. The van der Waals surface area contributed by atoms with E-state index in [1.165, 1.54) is 10.4 Å². The number of alkyl halides is 1. The highest BCUT2D eigenvalue weighted by atomic mass is 127. The standard InChI is InChI=1S/C15H13ClFIN2S/c1-2-9-3-4-21-14(9)8-20-13-5-10(17)11(18)6-12(13)19-15(20)7-16/h3-6H,2,7-8H2,1H3. The number of thiophene rings is 1. The van der Waals surface area contributed by atoms with Crippen LogP contribution in [0, 0.1) is 9.39 Å². The minimum absolute atomic E-state index is 0.215. The van der Waals surface area contributed by atoms with Crippen molar-refractivity contribution in [1.29, 1.82) is 0 Å². The largest absolute Gasteiger partial charge is 0.322 e. The van der Waals surface area contributed by atoms with Crippen molar-refractivity contribution < 1.29 is 4.39 Å². The van der Waals surface area contributed by atoms with Gasteiger partial charge in [-0.3, -0.25) is 0 Å². The lowest BCUT2D eigenvalue weighted by Gasteiger charge is -2.08. The van der Waals surface area contributed by atoms with Crippen LogP contribution >= 0.6 is 45.5 Å². The van der Waals surface area contributed by atoms with E-state index in [9.17, 15) is 4.39 Å². The fourth-order valence-corrected chi connectivity index (χ4v) is 4.03. The molecule has 0 atom stereocenters. The molecular formula is C15H13ClFIN2S. The number of halogens is 3. The molecule has 0 aliphatic carbocycles. The first-order valence-electron chi connectivity index (χ1n) is 6.59. The lowest BCUT2D eigenvalue weighted by atomic mass is 10.2. The third-order valence-electron chi connectivity index (χ3n) is 3.51. The molecule has 0 aliphatic rings. The van der Waals surface area contributed by atoms with Crippen LogP contribution in [-0.4, -0.2) is 9.55 Å². The number of hydrogen-bond donors (Lipinski definition) is 0. The minimum atomic E-state index is -0.215. The summed E-state index contributed by atoms with van der Waals surface area (Å²) >= 11 is 9.73. The summed E-state index contributed by atoms with van der Waals surface area (Å²) in [5, 5.41) is 2.09. The Morgan fingerprint density at radius 2 is 2.24 bits per heavy atom. The lowest BCUT2D eigenvalue weighted by Crippen LogP contribution is -2.04. The molecule has 2 heterocycles. The Morgan fingerprint density at radius 3 is 2.95 bits per heavy atom. The van der Waals surface area contributed by atoms with Gasteiger partial charge in [0.05, 0.1) is 27.0 Å². The third-order valence-corrected chi connectivity index (χ3v) is 5.52. The molecule has 3 rings (SSSR count). The van der Waals surface area contributed by atoms with E-state index in [4.69, 9.17) is 11.6 Å². The summed E-state index contributed by atoms with van der Waals surface area (Å²) < 4.78 is 16.5. The quantitative estimate of drug-likeness (QED) is 0.408.